The van der Waals surface area contributed by atoms with E-state index in [1.54, 1.807) is 0 Å². The molecular formula is C18H26N2O. The molecule has 2 aliphatic heterocycles. The second kappa shape index (κ2) is 6.18. The van der Waals surface area contributed by atoms with E-state index in [9.17, 15) is 4.79 Å². The van der Waals surface area contributed by atoms with Gasteiger partial charge >= 0.3 is 0 Å². The molecule has 2 aliphatic rings. The van der Waals surface area contributed by atoms with Gasteiger partial charge in [0.2, 0.25) is 5.91 Å². The molecule has 1 N–H and O–H groups in total. The molecule has 0 saturated carbocycles. The summed E-state index contributed by atoms with van der Waals surface area (Å²) in [7, 11) is 0. The number of aryl methyl sites for hydroxylation is 1. The van der Waals surface area contributed by atoms with Crippen molar-refractivity contribution in [3.63, 3.8) is 0 Å². The first-order chi connectivity index (χ1) is 10.2. The van der Waals surface area contributed by atoms with Crippen molar-refractivity contribution in [3.05, 3.63) is 35.4 Å². The van der Waals surface area contributed by atoms with Gasteiger partial charge in [0.25, 0.3) is 0 Å². The maximum absolute atomic E-state index is 12.8. The van der Waals surface area contributed by atoms with Crippen LogP contribution in [0.25, 0.3) is 0 Å². The Morgan fingerprint density at radius 1 is 1.24 bits per heavy atom. The number of amides is 1. The van der Waals surface area contributed by atoms with Gasteiger partial charge in [-0.2, -0.15) is 0 Å². The van der Waals surface area contributed by atoms with Crippen molar-refractivity contribution in [1.29, 1.82) is 0 Å². The summed E-state index contributed by atoms with van der Waals surface area (Å²) < 4.78 is 0. The molecule has 21 heavy (non-hydrogen) atoms. The second-order valence-electron chi connectivity index (χ2n) is 6.65. The fourth-order valence-corrected chi connectivity index (χ4v) is 3.91. The van der Waals surface area contributed by atoms with Crippen molar-refractivity contribution in [2.24, 2.45) is 5.92 Å². The van der Waals surface area contributed by atoms with Crippen LogP contribution >= 0.6 is 0 Å². The summed E-state index contributed by atoms with van der Waals surface area (Å²) in [5, 5.41) is 3.34. The van der Waals surface area contributed by atoms with E-state index in [0.717, 1.165) is 38.9 Å². The smallest absolute Gasteiger partial charge is 0.226 e. The molecule has 2 saturated heterocycles. The second-order valence-corrected chi connectivity index (χ2v) is 6.65. The number of carbonyl (C=O) groups is 1. The number of nitrogens with one attached hydrogen (secondary N) is 1. The van der Waals surface area contributed by atoms with Gasteiger partial charge in [-0.05, 0) is 57.3 Å². The van der Waals surface area contributed by atoms with E-state index in [-0.39, 0.29) is 5.92 Å². The van der Waals surface area contributed by atoms with Gasteiger partial charge in [-0.1, -0.05) is 24.3 Å². The predicted octanol–water partition coefficient (Wildman–Crippen LogP) is 2.70. The zero-order chi connectivity index (χ0) is 14.8. The van der Waals surface area contributed by atoms with E-state index < -0.39 is 0 Å². The zero-order valence-corrected chi connectivity index (χ0v) is 13.1. The molecule has 0 aromatic heterocycles. The highest BCUT2D eigenvalue weighted by molar-refractivity contribution is 5.79. The lowest BCUT2D eigenvalue weighted by Crippen LogP contribution is -2.42. The monoisotopic (exact) mass is 286 g/mol. The van der Waals surface area contributed by atoms with E-state index in [1.807, 2.05) is 0 Å². The lowest BCUT2D eigenvalue weighted by atomic mass is 9.93. The van der Waals surface area contributed by atoms with E-state index in [0.29, 0.717) is 17.9 Å². The van der Waals surface area contributed by atoms with Gasteiger partial charge in [0.1, 0.15) is 0 Å². The Morgan fingerprint density at radius 2 is 1.95 bits per heavy atom. The highest BCUT2D eigenvalue weighted by Crippen LogP contribution is 2.34. The quantitative estimate of drug-likeness (QED) is 0.906. The number of benzene rings is 1. The third-order valence-corrected chi connectivity index (χ3v) is 5.17. The standard InChI is InChI=1S/C18H26N2O/c1-13-5-3-4-6-17(13)16-11-14(2)20(12-16)18(21)15-7-9-19-10-8-15/h3-6,14-16,19H,7-12H2,1-2H3/t14-,16-/m0/s1. The van der Waals surface area contributed by atoms with Crippen molar-refractivity contribution in [1.82, 2.24) is 10.2 Å². The minimum Gasteiger partial charge on any atom is -0.339 e. The highest BCUT2D eigenvalue weighted by atomic mass is 16.2. The predicted molar refractivity (Wildman–Crippen MR) is 85.3 cm³/mol. The fourth-order valence-electron chi connectivity index (χ4n) is 3.91. The van der Waals surface area contributed by atoms with E-state index in [4.69, 9.17) is 0 Å². The van der Waals surface area contributed by atoms with Crippen LogP contribution in [-0.2, 0) is 4.79 Å². The number of piperidine rings is 1. The summed E-state index contributed by atoms with van der Waals surface area (Å²) in [6.45, 7) is 7.25. The Labute approximate surface area is 127 Å². The molecule has 0 aliphatic carbocycles. The topological polar surface area (TPSA) is 32.3 Å². The minimum atomic E-state index is 0.240. The normalized spacial score (nSPS) is 27.0. The van der Waals surface area contributed by atoms with Gasteiger partial charge in [-0.3, -0.25) is 4.79 Å². The molecule has 1 aromatic rings. The third-order valence-electron chi connectivity index (χ3n) is 5.17. The molecule has 0 bridgehead atoms. The van der Waals surface area contributed by atoms with Crippen molar-refractivity contribution in [2.45, 2.75) is 45.1 Å². The molecule has 2 heterocycles. The first kappa shape index (κ1) is 14.6. The highest BCUT2D eigenvalue weighted by Gasteiger charge is 2.36. The van der Waals surface area contributed by atoms with Crippen LogP contribution in [0.1, 0.15) is 43.2 Å². The first-order valence-corrected chi connectivity index (χ1v) is 8.23. The van der Waals surface area contributed by atoms with Gasteiger partial charge in [0.05, 0.1) is 0 Å². The van der Waals surface area contributed by atoms with Crippen LogP contribution in [0.4, 0.5) is 0 Å². The molecular weight excluding hydrogens is 260 g/mol. The summed E-state index contributed by atoms with van der Waals surface area (Å²) in [4.78, 5) is 14.9. The van der Waals surface area contributed by atoms with Crippen LogP contribution < -0.4 is 5.32 Å². The Kier molecular flexibility index (Phi) is 4.29. The lowest BCUT2D eigenvalue weighted by Gasteiger charge is -2.29. The van der Waals surface area contributed by atoms with Crippen LogP contribution in [0.15, 0.2) is 24.3 Å². The Bertz CT molecular complexity index is 508. The Balaban J connectivity index is 1.71. The first-order valence-electron chi connectivity index (χ1n) is 8.23. The van der Waals surface area contributed by atoms with Crippen LogP contribution in [0.3, 0.4) is 0 Å². The van der Waals surface area contributed by atoms with Crippen molar-refractivity contribution < 1.29 is 4.79 Å². The summed E-state index contributed by atoms with van der Waals surface area (Å²) >= 11 is 0. The van der Waals surface area contributed by atoms with Crippen molar-refractivity contribution >= 4 is 5.91 Å². The number of nitrogens with zero attached hydrogens (tertiary/aromatic N) is 1. The summed E-state index contributed by atoms with van der Waals surface area (Å²) in [5.74, 6) is 1.14. The van der Waals surface area contributed by atoms with Crippen molar-refractivity contribution in [2.75, 3.05) is 19.6 Å². The molecule has 0 spiro atoms. The molecule has 2 atom stereocenters. The fraction of sp³-hybridized carbons (Fsp3) is 0.611. The average Bonchev–Trinajstić information content (AvgIpc) is 2.89. The van der Waals surface area contributed by atoms with Gasteiger partial charge in [-0.15, -0.1) is 0 Å². The zero-order valence-electron chi connectivity index (χ0n) is 13.1. The third kappa shape index (κ3) is 2.98. The molecule has 2 fully saturated rings. The molecule has 3 rings (SSSR count). The molecule has 3 heteroatoms. The summed E-state index contributed by atoms with van der Waals surface area (Å²) in [6, 6.07) is 8.99. The van der Waals surface area contributed by atoms with Crippen LogP contribution in [0.2, 0.25) is 0 Å². The molecule has 114 valence electrons. The molecule has 0 unspecified atom stereocenters. The maximum Gasteiger partial charge on any atom is 0.226 e. The Hall–Kier alpha value is -1.35. The summed E-state index contributed by atoms with van der Waals surface area (Å²) in [6.07, 6.45) is 3.09. The number of hydrogen-bond donors (Lipinski definition) is 1. The van der Waals surface area contributed by atoms with Crippen LogP contribution in [0, 0.1) is 12.8 Å². The minimum absolute atomic E-state index is 0.240. The average molecular weight is 286 g/mol. The number of rotatable bonds is 2. The van der Waals surface area contributed by atoms with E-state index >= 15 is 0 Å². The van der Waals surface area contributed by atoms with Gasteiger partial charge in [0, 0.05) is 24.4 Å². The van der Waals surface area contributed by atoms with Gasteiger partial charge in [0.15, 0.2) is 0 Å². The van der Waals surface area contributed by atoms with E-state index in [2.05, 4.69) is 48.3 Å². The number of hydrogen-bond acceptors (Lipinski definition) is 2. The maximum atomic E-state index is 12.8. The molecule has 1 aromatic carbocycles. The number of likely N-dealkylation sites (tertiary alicyclic amines) is 1. The summed E-state index contributed by atoms with van der Waals surface area (Å²) in [5.41, 5.74) is 2.77. The molecule has 1 amide bonds. The van der Waals surface area contributed by atoms with E-state index in [1.165, 1.54) is 11.1 Å². The van der Waals surface area contributed by atoms with Crippen LogP contribution in [-0.4, -0.2) is 36.5 Å². The van der Waals surface area contributed by atoms with Crippen molar-refractivity contribution in [3.8, 4) is 0 Å². The lowest BCUT2D eigenvalue weighted by molar-refractivity contribution is -0.136. The SMILES string of the molecule is Cc1ccccc1[C@H]1C[C@H](C)N(C(=O)C2CCNCC2)C1. The largest absolute Gasteiger partial charge is 0.339 e. The van der Waals surface area contributed by atoms with Gasteiger partial charge < -0.3 is 10.2 Å². The molecule has 3 nitrogen and oxygen atoms in total. The van der Waals surface area contributed by atoms with Gasteiger partial charge in [-0.25, -0.2) is 0 Å². The van der Waals surface area contributed by atoms with Crippen LogP contribution in [0.5, 0.6) is 0 Å². The Morgan fingerprint density at radius 3 is 2.67 bits per heavy atom. The molecule has 0 radical (unpaired) electrons. The number of carbonyl (C=O) groups excluding carboxylic acids is 1.